The van der Waals surface area contributed by atoms with Crippen molar-refractivity contribution in [1.82, 2.24) is 15.1 Å². The van der Waals surface area contributed by atoms with Crippen LogP contribution in [0.2, 0.25) is 0 Å². The molecule has 0 aliphatic carbocycles. The summed E-state index contributed by atoms with van der Waals surface area (Å²) in [4.78, 5) is 8.25. The van der Waals surface area contributed by atoms with Gasteiger partial charge in [-0.25, -0.2) is 4.39 Å². The summed E-state index contributed by atoms with van der Waals surface area (Å²) in [6.07, 6.45) is 1.42. The highest BCUT2D eigenvalue weighted by Gasteiger charge is 2.13. The molecule has 2 aromatic heterocycles. The van der Waals surface area contributed by atoms with Gasteiger partial charge < -0.3 is 4.52 Å². The van der Waals surface area contributed by atoms with E-state index in [9.17, 15) is 4.39 Å². The van der Waals surface area contributed by atoms with Crippen molar-refractivity contribution in [3.8, 4) is 29.0 Å². The molecule has 5 nitrogen and oxygen atoms in total. The maximum atomic E-state index is 13.4. The van der Waals surface area contributed by atoms with Crippen molar-refractivity contribution >= 4 is 15.9 Å². The number of hydrogen-bond acceptors (Lipinski definition) is 5. The molecule has 0 bridgehead atoms. The molecular weight excluding hydrogens is 339 g/mol. The third kappa shape index (κ3) is 2.80. The molecule has 0 saturated carbocycles. The van der Waals surface area contributed by atoms with Gasteiger partial charge in [-0.05, 0) is 30.3 Å². The van der Waals surface area contributed by atoms with Crippen molar-refractivity contribution in [2.24, 2.45) is 0 Å². The first-order valence-corrected chi connectivity index (χ1v) is 6.62. The fourth-order valence-electron chi connectivity index (χ4n) is 1.71. The molecule has 0 saturated heterocycles. The van der Waals surface area contributed by atoms with Crippen LogP contribution in [0, 0.1) is 17.1 Å². The van der Waals surface area contributed by atoms with Crippen LogP contribution in [-0.4, -0.2) is 15.1 Å². The maximum absolute atomic E-state index is 13.4. The molecule has 102 valence electrons. The van der Waals surface area contributed by atoms with Gasteiger partial charge in [0.1, 0.15) is 17.6 Å². The monoisotopic (exact) mass is 344 g/mol. The van der Waals surface area contributed by atoms with E-state index in [1.165, 1.54) is 18.3 Å². The smallest absolute Gasteiger partial charge is 0.258 e. The van der Waals surface area contributed by atoms with E-state index >= 15 is 0 Å². The zero-order valence-corrected chi connectivity index (χ0v) is 12.0. The van der Waals surface area contributed by atoms with Crippen LogP contribution in [0.25, 0.3) is 23.0 Å². The molecule has 3 rings (SSSR count). The van der Waals surface area contributed by atoms with Gasteiger partial charge in [-0.3, -0.25) is 4.98 Å². The fraction of sp³-hybridized carbons (Fsp3) is 0. The molecule has 0 aliphatic heterocycles. The minimum Gasteiger partial charge on any atom is -0.334 e. The highest BCUT2D eigenvalue weighted by atomic mass is 79.9. The summed E-state index contributed by atoms with van der Waals surface area (Å²) in [7, 11) is 0. The second-order valence-corrected chi connectivity index (χ2v) is 5.04. The van der Waals surface area contributed by atoms with Gasteiger partial charge in [-0.1, -0.05) is 21.1 Å². The van der Waals surface area contributed by atoms with E-state index in [1.54, 1.807) is 18.2 Å². The van der Waals surface area contributed by atoms with E-state index in [2.05, 4.69) is 31.1 Å². The van der Waals surface area contributed by atoms with Crippen LogP contribution in [0.15, 0.2) is 45.5 Å². The third-order valence-electron chi connectivity index (χ3n) is 2.66. The lowest BCUT2D eigenvalue weighted by atomic mass is 10.2. The summed E-state index contributed by atoms with van der Waals surface area (Å²) >= 11 is 3.21. The Morgan fingerprint density at radius 1 is 1.24 bits per heavy atom. The van der Waals surface area contributed by atoms with Crippen molar-refractivity contribution in [2.45, 2.75) is 0 Å². The van der Waals surface area contributed by atoms with E-state index in [0.717, 1.165) is 0 Å². The average molecular weight is 345 g/mol. The van der Waals surface area contributed by atoms with Gasteiger partial charge in [0, 0.05) is 16.2 Å². The van der Waals surface area contributed by atoms with Gasteiger partial charge in [0.2, 0.25) is 5.82 Å². The highest BCUT2D eigenvalue weighted by molar-refractivity contribution is 9.10. The van der Waals surface area contributed by atoms with Gasteiger partial charge >= 0.3 is 0 Å². The Bertz CT molecular complexity index is 819. The van der Waals surface area contributed by atoms with Gasteiger partial charge in [-0.2, -0.15) is 10.2 Å². The van der Waals surface area contributed by atoms with Gasteiger partial charge in [0.05, 0.1) is 5.56 Å². The van der Waals surface area contributed by atoms with Crippen LogP contribution in [0.3, 0.4) is 0 Å². The average Bonchev–Trinajstić information content (AvgIpc) is 2.96. The lowest BCUT2D eigenvalue weighted by Crippen LogP contribution is -1.87. The first-order valence-electron chi connectivity index (χ1n) is 5.82. The highest BCUT2D eigenvalue weighted by Crippen LogP contribution is 2.25. The van der Waals surface area contributed by atoms with Crippen LogP contribution >= 0.6 is 15.9 Å². The number of benzene rings is 1. The van der Waals surface area contributed by atoms with Crippen molar-refractivity contribution < 1.29 is 8.91 Å². The van der Waals surface area contributed by atoms with Crippen molar-refractivity contribution in [1.29, 1.82) is 5.26 Å². The van der Waals surface area contributed by atoms with Gasteiger partial charge in [-0.15, -0.1) is 0 Å². The Labute approximate surface area is 127 Å². The summed E-state index contributed by atoms with van der Waals surface area (Å²) in [6.45, 7) is 0. The second-order valence-electron chi connectivity index (χ2n) is 4.13. The molecule has 21 heavy (non-hydrogen) atoms. The molecule has 0 radical (unpaired) electrons. The molecule has 2 heterocycles. The number of nitrogens with zero attached hydrogens (tertiary/aromatic N) is 4. The first kappa shape index (κ1) is 13.4. The molecule has 7 heteroatoms. The van der Waals surface area contributed by atoms with E-state index in [4.69, 9.17) is 9.78 Å². The SMILES string of the molecule is N#Cc1ccc(-c2noc(-c3cc(F)cc(Br)c3)n2)nc1. The summed E-state index contributed by atoms with van der Waals surface area (Å²) in [5.74, 6) is 0.0573. The quantitative estimate of drug-likeness (QED) is 0.710. The van der Waals surface area contributed by atoms with Crippen molar-refractivity contribution in [3.63, 3.8) is 0 Å². The molecule has 0 N–H and O–H groups in total. The predicted octanol–water partition coefficient (Wildman–Crippen LogP) is 3.57. The minimum atomic E-state index is -0.407. The standard InChI is InChI=1S/C14H6BrFN4O/c15-10-3-9(4-11(16)5-10)14-19-13(20-21-14)12-2-1-8(6-17)7-18-12/h1-5,7H. The van der Waals surface area contributed by atoms with E-state index in [1.807, 2.05) is 6.07 Å². The lowest BCUT2D eigenvalue weighted by molar-refractivity contribution is 0.432. The zero-order valence-electron chi connectivity index (χ0n) is 10.4. The predicted molar refractivity (Wildman–Crippen MR) is 75.3 cm³/mol. The number of hydrogen-bond donors (Lipinski definition) is 0. The molecule has 0 amide bonds. The lowest BCUT2D eigenvalue weighted by Gasteiger charge is -1.96. The molecular formula is C14H6BrFN4O. The Balaban J connectivity index is 1.97. The summed E-state index contributed by atoms with van der Waals surface area (Å²) in [5.41, 5.74) is 1.38. The van der Waals surface area contributed by atoms with E-state index in [-0.39, 0.29) is 11.7 Å². The molecule has 0 aliphatic rings. The summed E-state index contributed by atoms with van der Waals surface area (Å²) < 4.78 is 19.1. The van der Waals surface area contributed by atoms with Crippen molar-refractivity contribution in [3.05, 3.63) is 52.4 Å². The van der Waals surface area contributed by atoms with Crippen LogP contribution in [0.4, 0.5) is 4.39 Å². The number of pyridine rings is 1. The Kier molecular flexibility index (Phi) is 3.46. The number of rotatable bonds is 2. The Morgan fingerprint density at radius 3 is 2.76 bits per heavy atom. The van der Waals surface area contributed by atoms with Gasteiger partial charge in [0.25, 0.3) is 5.89 Å². The Hall–Kier alpha value is -2.59. The topological polar surface area (TPSA) is 75.6 Å². The summed E-state index contributed by atoms with van der Waals surface area (Å²) in [6, 6.07) is 9.51. The molecule has 1 aromatic carbocycles. The molecule has 0 atom stereocenters. The van der Waals surface area contributed by atoms with Crippen LogP contribution in [-0.2, 0) is 0 Å². The number of halogens is 2. The van der Waals surface area contributed by atoms with Crippen LogP contribution < -0.4 is 0 Å². The number of aromatic nitrogens is 3. The van der Waals surface area contributed by atoms with Gasteiger partial charge in [0.15, 0.2) is 0 Å². The third-order valence-corrected chi connectivity index (χ3v) is 3.12. The van der Waals surface area contributed by atoms with E-state index < -0.39 is 5.82 Å². The first-order chi connectivity index (χ1) is 10.2. The van der Waals surface area contributed by atoms with Crippen LogP contribution in [0.1, 0.15) is 5.56 Å². The van der Waals surface area contributed by atoms with Crippen LogP contribution in [0.5, 0.6) is 0 Å². The minimum absolute atomic E-state index is 0.191. The molecule has 3 aromatic rings. The summed E-state index contributed by atoms with van der Waals surface area (Å²) in [5, 5.41) is 12.5. The Morgan fingerprint density at radius 2 is 2.10 bits per heavy atom. The molecule has 0 unspecified atom stereocenters. The normalized spacial score (nSPS) is 10.3. The molecule has 0 fully saturated rings. The van der Waals surface area contributed by atoms with E-state index in [0.29, 0.717) is 21.3 Å². The second kappa shape index (κ2) is 5.42. The zero-order chi connectivity index (χ0) is 14.8. The van der Waals surface area contributed by atoms with Crippen molar-refractivity contribution in [2.75, 3.05) is 0 Å². The fourth-order valence-corrected chi connectivity index (χ4v) is 2.18. The number of nitriles is 1. The largest absolute Gasteiger partial charge is 0.334 e. The maximum Gasteiger partial charge on any atom is 0.258 e. The molecule has 0 spiro atoms.